The van der Waals surface area contributed by atoms with Crippen LogP contribution in [0.1, 0.15) is 82.8 Å². The fraction of sp³-hybridized carbons (Fsp3) is 0.750. The first-order valence-corrected chi connectivity index (χ1v) is 11.3. The SMILES string of the molecule is CCCCNCCc1ccc(C2CCN(CC(CC)CCC)CC2)cc1. The van der Waals surface area contributed by atoms with Crippen LogP contribution in [0.4, 0.5) is 0 Å². The average Bonchev–Trinajstić information content (AvgIpc) is 2.68. The Labute approximate surface area is 162 Å². The topological polar surface area (TPSA) is 15.3 Å². The van der Waals surface area contributed by atoms with E-state index in [2.05, 4.69) is 55.3 Å². The maximum Gasteiger partial charge on any atom is 0.000956 e. The molecule has 1 saturated heterocycles. The van der Waals surface area contributed by atoms with E-state index in [-0.39, 0.29) is 0 Å². The number of benzene rings is 1. The van der Waals surface area contributed by atoms with Gasteiger partial charge in [-0.25, -0.2) is 0 Å². The van der Waals surface area contributed by atoms with Crippen LogP contribution in [0.2, 0.25) is 0 Å². The van der Waals surface area contributed by atoms with Crippen LogP contribution in [-0.4, -0.2) is 37.6 Å². The Kier molecular flexibility index (Phi) is 10.3. The minimum Gasteiger partial charge on any atom is -0.316 e. The number of piperidine rings is 1. The van der Waals surface area contributed by atoms with Crippen molar-refractivity contribution in [1.29, 1.82) is 0 Å². The number of nitrogens with zero attached hydrogens (tertiary/aromatic N) is 1. The van der Waals surface area contributed by atoms with E-state index in [4.69, 9.17) is 0 Å². The number of unbranched alkanes of at least 4 members (excludes halogenated alkanes) is 1. The van der Waals surface area contributed by atoms with Crippen LogP contribution >= 0.6 is 0 Å². The predicted molar refractivity (Wildman–Crippen MR) is 115 cm³/mol. The van der Waals surface area contributed by atoms with Gasteiger partial charge in [0.2, 0.25) is 0 Å². The van der Waals surface area contributed by atoms with E-state index in [1.165, 1.54) is 70.1 Å². The lowest BCUT2D eigenvalue weighted by atomic mass is 9.88. The summed E-state index contributed by atoms with van der Waals surface area (Å²) < 4.78 is 0. The molecular weight excluding hydrogens is 316 g/mol. The Bertz CT molecular complexity index is 460. The summed E-state index contributed by atoms with van der Waals surface area (Å²) in [6.07, 6.45) is 10.4. The molecule has 1 heterocycles. The summed E-state index contributed by atoms with van der Waals surface area (Å²) in [6, 6.07) is 9.51. The van der Waals surface area contributed by atoms with E-state index in [1.807, 2.05) is 0 Å². The smallest absolute Gasteiger partial charge is 0.000956 e. The molecule has 0 bridgehead atoms. The van der Waals surface area contributed by atoms with Crippen molar-refractivity contribution < 1.29 is 0 Å². The summed E-state index contributed by atoms with van der Waals surface area (Å²) in [5.41, 5.74) is 3.04. The van der Waals surface area contributed by atoms with Crippen molar-refractivity contribution in [1.82, 2.24) is 10.2 Å². The second-order valence-electron chi connectivity index (χ2n) is 8.23. The average molecular weight is 359 g/mol. The van der Waals surface area contributed by atoms with Gasteiger partial charge < -0.3 is 10.2 Å². The van der Waals surface area contributed by atoms with Gasteiger partial charge in [0, 0.05) is 6.54 Å². The molecule has 0 aliphatic carbocycles. The Morgan fingerprint density at radius 2 is 1.73 bits per heavy atom. The first kappa shape index (κ1) is 21.4. The Hall–Kier alpha value is -0.860. The van der Waals surface area contributed by atoms with Crippen LogP contribution in [0.5, 0.6) is 0 Å². The molecule has 148 valence electrons. The molecule has 26 heavy (non-hydrogen) atoms. The van der Waals surface area contributed by atoms with Gasteiger partial charge >= 0.3 is 0 Å². The Balaban J connectivity index is 1.71. The molecule has 1 aliphatic heterocycles. The molecule has 1 aromatic carbocycles. The van der Waals surface area contributed by atoms with Crippen molar-refractivity contribution in [3.8, 4) is 0 Å². The van der Waals surface area contributed by atoms with Gasteiger partial charge in [-0.2, -0.15) is 0 Å². The van der Waals surface area contributed by atoms with Crippen LogP contribution in [0.3, 0.4) is 0 Å². The van der Waals surface area contributed by atoms with E-state index >= 15 is 0 Å². The zero-order chi connectivity index (χ0) is 18.6. The second kappa shape index (κ2) is 12.5. The summed E-state index contributed by atoms with van der Waals surface area (Å²) in [7, 11) is 0. The minimum atomic E-state index is 0.772. The summed E-state index contributed by atoms with van der Waals surface area (Å²) in [4.78, 5) is 2.72. The highest BCUT2D eigenvalue weighted by molar-refractivity contribution is 5.26. The van der Waals surface area contributed by atoms with Crippen molar-refractivity contribution in [3.05, 3.63) is 35.4 Å². The third kappa shape index (κ3) is 7.40. The molecule has 0 radical (unpaired) electrons. The Morgan fingerprint density at radius 1 is 1.00 bits per heavy atom. The van der Waals surface area contributed by atoms with E-state index in [0.29, 0.717) is 0 Å². The lowest BCUT2D eigenvalue weighted by molar-refractivity contribution is 0.176. The molecule has 1 aromatic rings. The number of likely N-dealkylation sites (tertiary alicyclic amines) is 1. The van der Waals surface area contributed by atoms with Gasteiger partial charge in [0.25, 0.3) is 0 Å². The van der Waals surface area contributed by atoms with E-state index in [9.17, 15) is 0 Å². The lowest BCUT2D eigenvalue weighted by Gasteiger charge is -2.34. The van der Waals surface area contributed by atoms with Gasteiger partial charge in [0.15, 0.2) is 0 Å². The number of rotatable bonds is 12. The predicted octanol–water partition coefficient (Wildman–Crippen LogP) is 5.62. The molecule has 0 aromatic heterocycles. The first-order chi connectivity index (χ1) is 12.8. The van der Waals surface area contributed by atoms with E-state index in [0.717, 1.165) is 31.3 Å². The summed E-state index contributed by atoms with van der Waals surface area (Å²) in [6.45, 7) is 13.1. The number of hydrogen-bond donors (Lipinski definition) is 1. The fourth-order valence-electron chi connectivity index (χ4n) is 4.26. The standard InChI is InChI=1S/C24H42N2/c1-4-7-16-25-17-13-22-9-11-23(12-10-22)24-14-18-26(19-15-24)20-21(6-3)8-5-2/h9-12,21,24-25H,4-8,13-20H2,1-3H3. The van der Waals surface area contributed by atoms with E-state index < -0.39 is 0 Å². The number of nitrogens with one attached hydrogen (secondary N) is 1. The number of hydrogen-bond acceptors (Lipinski definition) is 2. The van der Waals surface area contributed by atoms with Crippen molar-refractivity contribution in [2.75, 3.05) is 32.7 Å². The van der Waals surface area contributed by atoms with Crippen molar-refractivity contribution in [3.63, 3.8) is 0 Å². The van der Waals surface area contributed by atoms with Crippen LogP contribution in [0.25, 0.3) is 0 Å². The van der Waals surface area contributed by atoms with Crippen LogP contribution in [-0.2, 0) is 6.42 Å². The molecule has 1 atom stereocenters. The molecule has 2 heteroatoms. The first-order valence-electron chi connectivity index (χ1n) is 11.3. The molecule has 2 nitrogen and oxygen atoms in total. The van der Waals surface area contributed by atoms with Crippen LogP contribution in [0.15, 0.2) is 24.3 Å². The molecule has 1 fully saturated rings. The fourth-order valence-corrected chi connectivity index (χ4v) is 4.26. The van der Waals surface area contributed by atoms with Crippen molar-refractivity contribution in [2.24, 2.45) is 5.92 Å². The molecule has 1 aliphatic rings. The van der Waals surface area contributed by atoms with Gasteiger partial charge in [-0.3, -0.25) is 0 Å². The molecule has 1 unspecified atom stereocenters. The lowest BCUT2D eigenvalue weighted by Crippen LogP contribution is -2.36. The summed E-state index contributed by atoms with van der Waals surface area (Å²) >= 11 is 0. The van der Waals surface area contributed by atoms with Crippen LogP contribution in [0, 0.1) is 5.92 Å². The van der Waals surface area contributed by atoms with Gasteiger partial charge in [0.05, 0.1) is 0 Å². The molecule has 0 amide bonds. The highest BCUT2D eigenvalue weighted by Gasteiger charge is 2.22. The molecule has 0 spiro atoms. The summed E-state index contributed by atoms with van der Waals surface area (Å²) in [5, 5.41) is 3.54. The third-order valence-corrected chi connectivity index (χ3v) is 6.13. The van der Waals surface area contributed by atoms with Crippen molar-refractivity contribution >= 4 is 0 Å². The van der Waals surface area contributed by atoms with Crippen LogP contribution < -0.4 is 5.32 Å². The molecule has 0 saturated carbocycles. The highest BCUT2D eigenvalue weighted by atomic mass is 15.1. The third-order valence-electron chi connectivity index (χ3n) is 6.13. The van der Waals surface area contributed by atoms with E-state index in [1.54, 1.807) is 5.56 Å². The van der Waals surface area contributed by atoms with Gasteiger partial charge in [-0.05, 0) is 81.2 Å². The Morgan fingerprint density at radius 3 is 2.35 bits per heavy atom. The normalized spacial score (nSPS) is 17.5. The maximum atomic E-state index is 3.54. The van der Waals surface area contributed by atoms with Crippen molar-refractivity contribution in [2.45, 2.75) is 78.1 Å². The zero-order valence-electron chi connectivity index (χ0n) is 17.6. The quantitative estimate of drug-likeness (QED) is 0.488. The molecular formula is C24H42N2. The van der Waals surface area contributed by atoms with Gasteiger partial charge in [-0.1, -0.05) is 64.3 Å². The molecule has 2 rings (SSSR count). The molecule has 1 N–H and O–H groups in total. The maximum absolute atomic E-state index is 3.54. The second-order valence-corrected chi connectivity index (χ2v) is 8.23. The van der Waals surface area contributed by atoms with Gasteiger partial charge in [-0.15, -0.1) is 0 Å². The van der Waals surface area contributed by atoms with Gasteiger partial charge in [0.1, 0.15) is 0 Å². The summed E-state index contributed by atoms with van der Waals surface area (Å²) in [5.74, 6) is 1.68. The minimum absolute atomic E-state index is 0.772. The zero-order valence-corrected chi connectivity index (χ0v) is 17.6. The monoisotopic (exact) mass is 358 g/mol. The largest absolute Gasteiger partial charge is 0.316 e. The highest BCUT2D eigenvalue weighted by Crippen LogP contribution is 2.29.